The van der Waals surface area contributed by atoms with E-state index in [1.165, 1.54) is 6.92 Å². The first-order chi connectivity index (χ1) is 12.9. The van der Waals surface area contributed by atoms with E-state index in [1.54, 1.807) is 0 Å². The number of hydrogen-bond donors (Lipinski definition) is 0. The summed E-state index contributed by atoms with van der Waals surface area (Å²) in [6.45, 7) is 5.72. The van der Waals surface area contributed by atoms with Gasteiger partial charge in [0.25, 0.3) is 0 Å². The first-order valence-electron chi connectivity index (χ1n) is 9.28. The minimum atomic E-state index is -0.920. The predicted molar refractivity (Wildman–Crippen MR) is 99.0 cm³/mol. The van der Waals surface area contributed by atoms with Crippen LogP contribution in [-0.2, 0) is 19.1 Å². The van der Waals surface area contributed by atoms with Gasteiger partial charge in [0.15, 0.2) is 0 Å². The zero-order chi connectivity index (χ0) is 19.6. The van der Waals surface area contributed by atoms with Gasteiger partial charge in [-0.1, -0.05) is 24.3 Å². The van der Waals surface area contributed by atoms with Crippen LogP contribution in [0.15, 0.2) is 30.4 Å². The number of ether oxygens (including phenoxy) is 2. The molecule has 1 aliphatic heterocycles. The lowest BCUT2D eigenvalue weighted by Crippen LogP contribution is -2.44. The van der Waals surface area contributed by atoms with E-state index in [4.69, 9.17) is 9.47 Å². The summed E-state index contributed by atoms with van der Waals surface area (Å²) in [7, 11) is 0. The first-order valence-corrected chi connectivity index (χ1v) is 9.28. The van der Waals surface area contributed by atoms with Crippen molar-refractivity contribution in [3.8, 4) is 5.75 Å². The third kappa shape index (κ3) is 3.89. The molecule has 1 aliphatic carbocycles. The zero-order valence-electron chi connectivity index (χ0n) is 15.9. The van der Waals surface area contributed by atoms with Gasteiger partial charge in [-0.3, -0.25) is 14.5 Å². The van der Waals surface area contributed by atoms with Gasteiger partial charge in [-0.05, 0) is 50.8 Å². The summed E-state index contributed by atoms with van der Waals surface area (Å²) in [5.74, 6) is -1.07. The molecule has 0 aromatic heterocycles. The van der Waals surface area contributed by atoms with Crippen LogP contribution >= 0.6 is 0 Å². The van der Waals surface area contributed by atoms with Crippen molar-refractivity contribution in [1.82, 2.24) is 4.90 Å². The number of carbonyl (C=O) groups is 3. The molecule has 3 rings (SSSR count). The van der Waals surface area contributed by atoms with Gasteiger partial charge in [0.1, 0.15) is 25.0 Å². The number of benzene rings is 1. The Hall–Kier alpha value is -2.63. The van der Waals surface area contributed by atoms with Gasteiger partial charge in [0.05, 0.1) is 11.8 Å². The lowest BCUT2D eigenvalue weighted by Gasteiger charge is -2.21. The average Bonchev–Trinajstić information content (AvgIpc) is 2.91. The highest BCUT2D eigenvalue weighted by atomic mass is 16.6. The number of nitrogens with zero attached hydrogens (tertiary/aromatic N) is 1. The highest BCUT2D eigenvalue weighted by Gasteiger charge is 2.50. The van der Waals surface area contributed by atoms with Crippen molar-refractivity contribution >= 4 is 17.8 Å². The second-order valence-electron chi connectivity index (χ2n) is 7.16. The molecular formula is C21H25NO5. The van der Waals surface area contributed by atoms with E-state index in [0.717, 1.165) is 21.8 Å². The van der Waals surface area contributed by atoms with Crippen molar-refractivity contribution in [3.63, 3.8) is 0 Å². The molecule has 144 valence electrons. The number of amides is 2. The normalized spacial score (nSPS) is 22.6. The van der Waals surface area contributed by atoms with Crippen LogP contribution in [0, 0.1) is 25.7 Å². The molecule has 0 bridgehead atoms. The molecule has 6 nitrogen and oxygen atoms in total. The van der Waals surface area contributed by atoms with Crippen molar-refractivity contribution in [2.24, 2.45) is 11.8 Å². The number of esters is 1. The molecule has 1 aromatic rings. The summed E-state index contributed by atoms with van der Waals surface area (Å²) in [6, 6.07) is 4.98. The molecule has 3 atom stereocenters. The Kier molecular flexibility index (Phi) is 5.63. The van der Waals surface area contributed by atoms with E-state index in [-0.39, 0.29) is 36.9 Å². The van der Waals surface area contributed by atoms with Gasteiger partial charge >= 0.3 is 5.97 Å². The summed E-state index contributed by atoms with van der Waals surface area (Å²) in [5.41, 5.74) is 2.09. The van der Waals surface area contributed by atoms with Crippen molar-refractivity contribution in [1.29, 1.82) is 0 Å². The number of allylic oxidation sites excluding steroid dienone is 2. The van der Waals surface area contributed by atoms with Gasteiger partial charge in [-0.15, -0.1) is 0 Å². The summed E-state index contributed by atoms with van der Waals surface area (Å²) < 4.78 is 10.9. The van der Waals surface area contributed by atoms with Crippen molar-refractivity contribution < 1.29 is 23.9 Å². The smallest absolute Gasteiger partial charge is 0.329 e. The van der Waals surface area contributed by atoms with Crippen LogP contribution < -0.4 is 4.74 Å². The van der Waals surface area contributed by atoms with E-state index in [0.29, 0.717) is 12.8 Å². The number of hydrogen-bond acceptors (Lipinski definition) is 5. The summed E-state index contributed by atoms with van der Waals surface area (Å²) >= 11 is 0. The summed E-state index contributed by atoms with van der Waals surface area (Å²) in [4.78, 5) is 38.4. The molecule has 1 aromatic carbocycles. The second-order valence-corrected chi connectivity index (χ2v) is 7.16. The van der Waals surface area contributed by atoms with Gasteiger partial charge in [0.2, 0.25) is 11.8 Å². The SMILES string of the molecule is Cc1ccc(C)c(OCCOC(=O)[C@H](C)N2C(=O)[C@H]3CC=CC[C@H]3C2=O)c1. The van der Waals surface area contributed by atoms with Crippen LogP contribution in [0.1, 0.15) is 30.9 Å². The Morgan fingerprint density at radius 3 is 2.37 bits per heavy atom. The lowest BCUT2D eigenvalue weighted by atomic mass is 9.85. The highest BCUT2D eigenvalue weighted by molar-refractivity contribution is 6.08. The van der Waals surface area contributed by atoms with E-state index in [2.05, 4.69) is 0 Å². The first kappa shape index (κ1) is 19.1. The molecule has 1 saturated heterocycles. The Morgan fingerprint density at radius 1 is 1.11 bits per heavy atom. The summed E-state index contributed by atoms with van der Waals surface area (Å²) in [5, 5.41) is 0. The average molecular weight is 371 g/mol. The molecule has 1 heterocycles. The van der Waals surface area contributed by atoms with Crippen LogP contribution in [0.3, 0.4) is 0 Å². The number of carbonyl (C=O) groups excluding carboxylic acids is 3. The van der Waals surface area contributed by atoms with Gasteiger partial charge in [-0.2, -0.15) is 0 Å². The van der Waals surface area contributed by atoms with Crippen LogP contribution in [0.2, 0.25) is 0 Å². The Bertz CT molecular complexity index is 759. The quantitative estimate of drug-likeness (QED) is 0.333. The molecule has 2 amide bonds. The number of likely N-dealkylation sites (tertiary alicyclic amines) is 1. The van der Waals surface area contributed by atoms with Gasteiger partial charge in [0, 0.05) is 0 Å². The number of imide groups is 1. The maximum absolute atomic E-state index is 12.5. The lowest BCUT2D eigenvalue weighted by molar-refractivity contribution is -0.158. The topological polar surface area (TPSA) is 72.9 Å². The Labute approximate surface area is 159 Å². The number of aryl methyl sites for hydroxylation is 2. The van der Waals surface area contributed by atoms with Crippen molar-refractivity contribution in [2.75, 3.05) is 13.2 Å². The fourth-order valence-corrected chi connectivity index (χ4v) is 3.59. The van der Waals surface area contributed by atoms with Gasteiger partial charge < -0.3 is 9.47 Å². The van der Waals surface area contributed by atoms with E-state index in [1.807, 2.05) is 44.2 Å². The Balaban J connectivity index is 1.51. The molecule has 2 aliphatic rings. The molecule has 1 fully saturated rings. The number of fused-ring (bicyclic) bond motifs is 1. The van der Waals surface area contributed by atoms with Crippen LogP contribution in [0.4, 0.5) is 0 Å². The van der Waals surface area contributed by atoms with Crippen molar-refractivity contribution in [2.45, 2.75) is 39.7 Å². The minimum absolute atomic E-state index is 0.0567. The maximum atomic E-state index is 12.5. The molecule has 0 saturated carbocycles. The van der Waals surface area contributed by atoms with Crippen molar-refractivity contribution in [3.05, 3.63) is 41.5 Å². The minimum Gasteiger partial charge on any atom is -0.490 e. The molecule has 0 spiro atoms. The van der Waals surface area contributed by atoms with Gasteiger partial charge in [-0.25, -0.2) is 4.79 Å². The molecule has 6 heteroatoms. The predicted octanol–water partition coefficient (Wildman–Crippen LogP) is 2.57. The molecular weight excluding hydrogens is 346 g/mol. The zero-order valence-corrected chi connectivity index (χ0v) is 15.9. The largest absolute Gasteiger partial charge is 0.490 e. The monoisotopic (exact) mass is 371 g/mol. The molecule has 0 radical (unpaired) electrons. The molecule has 0 unspecified atom stereocenters. The van der Waals surface area contributed by atoms with E-state index in [9.17, 15) is 14.4 Å². The van der Waals surface area contributed by atoms with Crippen LogP contribution in [0.5, 0.6) is 5.75 Å². The van der Waals surface area contributed by atoms with Crippen LogP contribution in [-0.4, -0.2) is 41.9 Å². The highest BCUT2D eigenvalue weighted by Crippen LogP contribution is 2.36. The summed E-state index contributed by atoms with van der Waals surface area (Å²) in [6.07, 6.45) is 4.95. The number of rotatable bonds is 6. The fraction of sp³-hybridized carbons (Fsp3) is 0.476. The Morgan fingerprint density at radius 2 is 1.74 bits per heavy atom. The maximum Gasteiger partial charge on any atom is 0.329 e. The van der Waals surface area contributed by atoms with Crippen LogP contribution in [0.25, 0.3) is 0 Å². The fourth-order valence-electron chi connectivity index (χ4n) is 3.59. The third-order valence-electron chi connectivity index (χ3n) is 5.20. The van der Waals surface area contributed by atoms with E-state index < -0.39 is 12.0 Å². The molecule has 0 N–H and O–H groups in total. The second kappa shape index (κ2) is 7.94. The molecule has 27 heavy (non-hydrogen) atoms. The van der Waals surface area contributed by atoms with E-state index >= 15 is 0 Å². The standard InChI is InChI=1S/C21H25NO5/c1-13-8-9-14(2)18(12-13)26-10-11-27-21(25)15(3)22-19(23)16-6-4-5-7-17(16)20(22)24/h4-5,8-9,12,15-17H,6-7,10-11H2,1-3H3/t15-,16-,17+/m0/s1. The third-order valence-corrected chi connectivity index (χ3v) is 5.20.